The summed E-state index contributed by atoms with van der Waals surface area (Å²) in [6, 6.07) is 11.4. The van der Waals surface area contributed by atoms with Gasteiger partial charge in [-0.2, -0.15) is 0 Å². The van der Waals surface area contributed by atoms with Crippen LogP contribution in [0.2, 0.25) is 0 Å². The van der Waals surface area contributed by atoms with Gasteiger partial charge < -0.3 is 4.74 Å². The predicted octanol–water partition coefficient (Wildman–Crippen LogP) is 3.57. The summed E-state index contributed by atoms with van der Waals surface area (Å²) < 4.78 is 18.0. The average molecular weight is 258 g/mol. The largest absolute Gasteiger partial charge is 0.496 e. The lowest BCUT2D eigenvalue weighted by molar-refractivity contribution is 0.0990. The first kappa shape index (κ1) is 13.3. The van der Waals surface area contributed by atoms with Gasteiger partial charge in [0.25, 0.3) is 0 Å². The van der Waals surface area contributed by atoms with Crippen LogP contribution in [0.3, 0.4) is 0 Å². The summed E-state index contributed by atoms with van der Waals surface area (Å²) in [5, 5.41) is 0. The van der Waals surface area contributed by atoms with Crippen LogP contribution in [-0.2, 0) is 6.42 Å². The maximum atomic E-state index is 12.8. The molecule has 0 aromatic heterocycles. The maximum Gasteiger partial charge on any atom is 0.170 e. The number of rotatable bonds is 4. The van der Waals surface area contributed by atoms with E-state index in [1.807, 2.05) is 19.1 Å². The van der Waals surface area contributed by atoms with E-state index in [1.54, 1.807) is 25.3 Å². The number of carbonyl (C=O) groups is 1. The van der Waals surface area contributed by atoms with Crippen LogP contribution < -0.4 is 4.74 Å². The summed E-state index contributed by atoms with van der Waals surface area (Å²) in [6.45, 7) is 1.94. The lowest BCUT2D eigenvalue weighted by atomic mass is 10.0. The van der Waals surface area contributed by atoms with Gasteiger partial charge in [0.1, 0.15) is 11.6 Å². The molecule has 0 unspecified atom stereocenters. The maximum absolute atomic E-state index is 12.8. The highest BCUT2D eigenvalue weighted by Gasteiger charge is 2.12. The van der Waals surface area contributed by atoms with E-state index in [0.29, 0.717) is 11.3 Å². The quantitative estimate of drug-likeness (QED) is 0.784. The standard InChI is InChI=1S/C16H15FO2/c1-11-3-8-14(16(9-11)19-2)15(18)10-12-4-6-13(17)7-5-12/h3-9H,10H2,1-2H3. The molecule has 0 aliphatic carbocycles. The van der Waals surface area contributed by atoms with Crippen LogP contribution in [0.25, 0.3) is 0 Å². The molecule has 98 valence electrons. The van der Waals surface area contributed by atoms with Gasteiger partial charge in [-0.15, -0.1) is 0 Å². The Balaban J connectivity index is 2.22. The zero-order valence-electron chi connectivity index (χ0n) is 10.9. The minimum absolute atomic E-state index is 0.0385. The highest BCUT2D eigenvalue weighted by Crippen LogP contribution is 2.21. The Morgan fingerprint density at radius 2 is 1.84 bits per heavy atom. The Morgan fingerprint density at radius 3 is 2.47 bits per heavy atom. The third-order valence-corrected chi connectivity index (χ3v) is 2.94. The molecule has 3 heteroatoms. The summed E-state index contributed by atoms with van der Waals surface area (Å²) in [6.07, 6.45) is 0.236. The van der Waals surface area contributed by atoms with E-state index in [9.17, 15) is 9.18 Å². The third-order valence-electron chi connectivity index (χ3n) is 2.94. The Bertz CT molecular complexity index is 588. The zero-order chi connectivity index (χ0) is 13.8. The molecule has 0 aliphatic heterocycles. The Morgan fingerprint density at radius 1 is 1.16 bits per heavy atom. The van der Waals surface area contributed by atoms with E-state index in [1.165, 1.54) is 12.1 Å². The van der Waals surface area contributed by atoms with Crippen LogP contribution in [0.15, 0.2) is 42.5 Å². The molecule has 0 bridgehead atoms. The van der Waals surface area contributed by atoms with E-state index in [4.69, 9.17) is 4.74 Å². The molecule has 0 aliphatic rings. The van der Waals surface area contributed by atoms with Gasteiger partial charge in [-0.3, -0.25) is 4.79 Å². The Hall–Kier alpha value is -2.16. The van der Waals surface area contributed by atoms with Crippen LogP contribution in [0, 0.1) is 12.7 Å². The molecule has 2 aromatic rings. The summed E-state index contributed by atoms with van der Waals surface area (Å²) in [5.74, 6) is 0.236. The number of ketones is 1. The van der Waals surface area contributed by atoms with Gasteiger partial charge in [-0.05, 0) is 42.3 Å². The molecule has 0 amide bonds. The van der Waals surface area contributed by atoms with Crippen molar-refractivity contribution >= 4 is 5.78 Å². The van der Waals surface area contributed by atoms with Gasteiger partial charge in [0.05, 0.1) is 12.7 Å². The molecule has 0 atom stereocenters. The van der Waals surface area contributed by atoms with Crippen LogP contribution in [0.1, 0.15) is 21.5 Å². The lowest BCUT2D eigenvalue weighted by Crippen LogP contribution is -2.06. The van der Waals surface area contributed by atoms with Crippen LogP contribution >= 0.6 is 0 Å². The number of ether oxygens (including phenoxy) is 1. The molecule has 2 nitrogen and oxygen atoms in total. The number of benzene rings is 2. The Labute approximate surface area is 111 Å². The predicted molar refractivity (Wildman–Crippen MR) is 72.2 cm³/mol. The number of halogens is 1. The van der Waals surface area contributed by atoms with E-state index in [-0.39, 0.29) is 18.0 Å². The SMILES string of the molecule is COc1cc(C)ccc1C(=O)Cc1ccc(F)cc1. The number of aryl methyl sites for hydroxylation is 1. The van der Waals surface area contributed by atoms with Crippen LogP contribution in [-0.4, -0.2) is 12.9 Å². The minimum Gasteiger partial charge on any atom is -0.496 e. The average Bonchev–Trinajstić information content (AvgIpc) is 2.41. The van der Waals surface area contributed by atoms with E-state index >= 15 is 0 Å². The normalized spacial score (nSPS) is 10.3. The van der Waals surface area contributed by atoms with Gasteiger partial charge in [-0.1, -0.05) is 18.2 Å². The molecular weight excluding hydrogens is 243 g/mol. The number of Topliss-reactive ketones (excluding diaryl/α,β-unsaturated/α-hetero) is 1. The van der Waals surface area contributed by atoms with Crippen molar-refractivity contribution in [3.05, 3.63) is 65.0 Å². The summed E-state index contributed by atoms with van der Waals surface area (Å²) in [5.41, 5.74) is 2.38. The van der Waals surface area contributed by atoms with Crippen molar-refractivity contribution in [3.63, 3.8) is 0 Å². The summed E-state index contributed by atoms with van der Waals surface area (Å²) in [4.78, 5) is 12.2. The first-order chi connectivity index (χ1) is 9.10. The van der Waals surface area contributed by atoms with Crippen molar-refractivity contribution in [1.29, 1.82) is 0 Å². The highest BCUT2D eigenvalue weighted by molar-refractivity contribution is 6.00. The third kappa shape index (κ3) is 3.19. The second kappa shape index (κ2) is 5.65. The van der Waals surface area contributed by atoms with Crippen LogP contribution in [0.5, 0.6) is 5.75 Å². The second-order valence-electron chi connectivity index (χ2n) is 4.43. The van der Waals surface area contributed by atoms with Gasteiger partial charge in [0.15, 0.2) is 5.78 Å². The molecule has 0 heterocycles. The number of methoxy groups -OCH3 is 1. The Kier molecular flexibility index (Phi) is 3.95. The monoisotopic (exact) mass is 258 g/mol. The van der Waals surface area contributed by atoms with Crippen molar-refractivity contribution in [1.82, 2.24) is 0 Å². The minimum atomic E-state index is -0.302. The molecule has 0 spiro atoms. The first-order valence-electron chi connectivity index (χ1n) is 6.02. The van der Waals surface area contributed by atoms with Gasteiger partial charge in [0, 0.05) is 6.42 Å². The fraction of sp³-hybridized carbons (Fsp3) is 0.188. The van der Waals surface area contributed by atoms with Crippen molar-refractivity contribution in [3.8, 4) is 5.75 Å². The number of hydrogen-bond donors (Lipinski definition) is 0. The second-order valence-corrected chi connectivity index (χ2v) is 4.43. The van der Waals surface area contributed by atoms with Crippen molar-refractivity contribution < 1.29 is 13.9 Å². The summed E-state index contributed by atoms with van der Waals surface area (Å²) >= 11 is 0. The number of hydrogen-bond acceptors (Lipinski definition) is 2. The molecular formula is C16H15FO2. The van der Waals surface area contributed by atoms with Gasteiger partial charge >= 0.3 is 0 Å². The molecule has 19 heavy (non-hydrogen) atoms. The van der Waals surface area contributed by atoms with Crippen molar-refractivity contribution in [2.24, 2.45) is 0 Å². The van der Waals surface area contributed by atoms with Gasteiger partial charge in [-0.25, -0.2) is 4.39 Å². The van der Waals surface area contributed by atoms with E-state index < -0.39 is 0 Å². The molecule has 0 N–H and O–H groups in total. The molecule has 2 rings (SSSR count). The highest BCUT2D eigenvalue weighted by atomic mass is 19.1. The van der Waals surface area contributed by atoms with Crippen molar-refractivity contribution in [2.75, 3.05) is 7.11 Å². The zero-order valence-corrected chi connectivity index (χ0v) is 10.9. The first-order valence-corrected chi connectivity index (χ1v) is 6.02. The molecule has 0 fully saturated rings. The fourth-order valence-electron chi connectivity index (χ4n) is 1.91. The topological polar surface area (TPSA) is 26.3 Å². The molecule has 0 saturated carbocycles. The van der Waals surface area contributed by atoms with Gasteiger partial charge in [0.2, 0.25) is 0 Å². The fourth-order valence-corrected chi connectivity index (χ4v) is 1.91. The molecule has 0 saturated heterocycles. The smallest absolute Gasteiger partial charge is 0.170 e. The lowest BCUT2D eigenvalue weighted by Gasteiger charge is -2.08. The van der Waals surface area contributed by atoms with E-state index in [0.717, 1.165) is 11.1 Å². The van der Waals surface area contributed by atoms with Crippen molar-refractivity contribution in [2.45, 2.75) is 13.3 Å². The van der Waals surface area contributed by atoms with Crippen LogP contribution in [0.4, 0.5) is 4.39 Å². The van der Waals surface area contributed by atoms with E-state index in [2.05, 4.69) is 0 Å². The molecule has 2 aromatic carbocycles. The summed E-state index contributed by atoms with van der Waals surface area (Å²) in [7, 11) is 1.55. The number of carbonyl (C=O) groups excluding carboxylic acids is 1. The molecule has 0 radical (unpaired) electrons.